The molecule has 0 aliphatic carbocycles. The molecule has 2 aromatic carbocycles. The maximum Gasteiger partial charge on any atom is 0.338 e. The van der Waals surface area contributed by atoms with E-state index in [4.69, 9.17) is 16.3 Å². The van der Waals surface area contributed by atoms with Crippen LogP contribution in [0, 0.1) is 17.2 Å². The Bertz CT molecular complexity index is 895. The number of ether oxygens (including phenoxy) is 1. The van der Waals surface area contributed by atoms with Crippen LogP contribution >= 0.6 is 11.6 Å². The predicted octanol–water partition coefficient (Wildman–Crippen LogP) is 5.09. The smallest absolute Gasteiger partial charge is 0.338 e. The molecule has 144 valence electrons. The van der Waals surface area contributed by atoms with Crippen LogP contribution in [0.2, 0.25) is 5.02 Å². The molecule has 0 saturated heterocycles. The average Bonchev–Trinajstić information content (AvgIpc) is 2.67. The molecule has 0 unspecified atom stereocenters. The Morgan fingerprint density at radius 2 is 1.79 bits per heavy atom. The number of anilines is 1. The fraction of sp³-hybridized carbons (Fsp3) is 0.227. The van der Waals surface area contributed by atoms with Crippen LogP contribution < -0.4 is 5.32 Å². The summed E-state index contributed by atoms with van der Waals surface area (Å²) in [7, 11) is 0. The van der Waals surface area contributed by atoms with Gasteiger partial charge in [0.2, 0.25) is 0 Å². The van der Waals surface area contributed by atoms with Crippen molar-refractivity contribution < 1.29 is 14.3 Å². The van der Waals surface area contributed by atoms with E-state index in [0.717, 1.165) is 6.42 Å². The quantitative estimate of drug-likeness (QED) is 0.401. The second-order valence-electron chi connectivity index (χ2n) is 6.57. The highest BCUT2D eigenvalue weighted by molar-refractivity contribution is 6.30. The van der Waals surface area contributed by atoms with Gasteiger partial charge in [-0.1, -0.05) is 37.6 Å². The van der Waals surface area contributed by atoms with Crippen LogP contribution in [0.1, 0.15) is 36.2 Å². The van der Waals surface area contributed by atoms with Gasteiger partial charge in [-0.2, -0.15) is 5.26 Å². The number of nitriles is 1. The maximum absolute atomic E-state index is 12.3. The van der Waals surface area contributed by atoms with Crippen LogP contribution in [0.5, 0.6) is 0 Å². The number of hydrogen-bond donors (Lipinski definition) is 1. The number of hydrogen-bond acceptors (Lipinski definition) is 4. The molecular formula is C22H21ClN2O3. The number of carbonyl (C=O) groups is 2. The molecule has 0 spiro atoms. The second kappa shape index (κ2) is 10.3. The van der Waals surface area contributed by atoms with Crippen LogP contribution in [0.25, 0.3) is 6.08 Å². The molecular weight excluding hydrogens is 376 g/mol. The second-order valence-corrected chi connectivity index (χ2v) is 7.01. The number of rotatable bonds is 7. The summed E-state index contributed by atoms with van der Waals surface area (Å²) in [6.45, 7) is 4.49. The lowest BCUT2D eigenvalue weighted by molar-refractivity contribution is -0.112. The topological polar surface area (TPSA) is 79.2 Å². The van der Waals surface area contributed by atoms with E-state index in [1.54, 1.807) is 48.5 Å². The van der Waals surface area contributed by atoms with Crippen LogP contribution in [-0.4, -0.2) is 18.5 Å². The summed E-state index contributed by atoms with van der Waals surface area (Å²) in [5.41, 5.74) is 1.52. The molecule has 0 aliphatic heterocycles. The number of nitrogens with one attached hydrogen (secondary N) is 1. The molecule has 0 bridgehead atoms. The Balaban J connectivity index is 2.00. The fourth-order valence-corrected chi connectivity index (χ4v) is 2.36. The first-order chi connectivity index (χ1) is 13.4. The third-order valence-electron chi connectivity index (χ3n) is 3.85. The van der Waals surface area contributed by atoms with E-state index >= 15 is 0 Å². The first-order valence-corrected chi connectivity index (χ1v) is 9.22. The first-order valence-electron chi connectivity index (χ1n) is 8.85. The standard InChI is InChI=1S/C22H21ClN2O3/c1-15(2)11-12-28-22(27)17-5-9-20(10-6-17)25-21(26)18(14-24)13-16-3-7-19(23)8-4-16/h3-10,13,15H,11-12H2,1-2H3,(H,25,26)/b18-13+. The van der Waals surface area contributed by atoms with Gasteiger partial charge in [-0.3, -0.25) is 4.79 Å². The molecule has 28 heavy (non-hydrogen) atoms. The zero-order valence-electron chi connectivity index (χ0n) is 15.7. The van der Waals surface area contributed by atoms with Crippen LogP contribution in [0.3, 0.4) is 0 Å². The van der Waals surface area contributed by atoms with Crippen molar-refractivity contribution >= 4 is 35.2 Å². The van der Waals surface area contributed by atoms with Gasteiger partial charge in [0.05, 0.1) is 12.2 Å². The molecule has 6 heteroatoms. The van der Waals surface area contributed by atoms with Crippen LogP contribution in [-0.2, 0) is 9.53 Å². The number of esters is 1. The number of benzene rings is 2. The number of nitrogens with zero attached hydrogens (tertiary/aromatic N) is 1. The monoisotopic (exact) mass is 396 g/mol. The van der Waals surface area contributed by atoms with Crippen molar-refractivity contribution in [1.82, 2.24) is 0 Å². The summed E-state index contributed by atoms with van der Waals surface area (Å²) >= 11 is 5.83. The molecule has 0 fully saturated rings. The van der Waals surface area contributed by atoms with E-state index in [2.05, 4.69) is 19.2 Å². The zero-order valence-corrected chi connectivity index (χ0v) is 16.5. The zero-order chi connectivity index (χ0) is 20.5. The number of halogens is 1. The number of carbonyl (C=O) groups excluding carboxylic acids is 2. The minimum Gasteiger partial charge on any atom is -0.462 e. The maximum atomic E-state index is 12.3. The van der Waals surface area contributed by atoms with E-state index in [0.29, 0.717) is 34.4 Å². The molecule has 2 rings (SSSR count). The van der Waals surface area contributed by atoms with Gasteiger partial charge in [-0.05, 0) is 60.4 Å². The third-order valence-corrected chi connectivity index (χ3v) is 4.10. The van der Waals surface area contributed by atoms with E-state index in [1.807, 2.05) is 6.07 Å². The van der Waals surface area contributed by atoms with Gasteiger partial charge in [-0.15, -0.1) is 0 Å². The highest BCUT2D eigenvalue weighted by Crippen LogP contribution is 2.15. The Hall–Kier alpha value is -3.10. The average molecular weight is 397 g/mol. The highest BCUT2D eigenvalue weighted by atomic mass is 35.5. The normalized spacial score (nSPS) is 11.0. The van der Waals surface area contributed by atoms with Gasteiger partial charge in [0.1, 0.15) is 11.6 Å². The Kier molecular flexibility index (Phi) is 7.79. The lowest BCUT2D eigenvalue weighted by Gasteiger charge is -2.08. The SMILES string of the molecule is CC(C)CCOC(=O)c1ccc(NC(=O)/C(C#N)=C/c2ccc(Cl)cc2)cc1. The van der Waals surface area contributed by atoms with Crippen molar-refractivity contribution in [2.24, 2.45) is 5.92 Å². The first kappa shape index (κ1) is 21.2. The lowest BCUT2D eigenvalue weighted by Crippen LogP contribution is -2.14. The molecule has 0 radical (unpaired) electrons. The largest absolute Gasteiger partial charge is 0.462 e. The van der Waals surface area contributed by atoms with E-state index in [1.165, 1.54) is 6.08 Å². The molecule has 5 nitrogen and oxygen atoms in total. The fourth-order valence-electron chi connectivity index (χ4n) is 2.23. The molecule has 0 aliphatic rings. The molecule has 0 aromatic heterocycles. The molecule has 0 atom stereocenters. The molecule has 1 amide bonds. The summed E-state index contributed by atoms with van der Waals surface area (Å²) in [6.07, 6.45) is 2.28. The van der Waals surface area contributed by atoms with Gasteiger partial charge >= 0.3 is 5.97 Å². The summed E-state index contributed by atoms with van der Waals surface area (Å²) < 4.78 is 5.20. The summed E-state index contributed by atoms with van der Waals surface area (Å²) in [5, 5.41) is 12.5. The Morgan fingerprint density at radius 3 is 2.36 bits per heavy atom. The number of amides is 1. The van der Waals surface area contributed by atoms with Gasteiger partial charge in [0.15, 0.2) is 0 Å². The van der Waals surface area contributed by atoms with Crippen molar-refractivity contribution in [2.45, 2.75) is 20.3 Å². The van der Waals surface area contributed by atoms with Crippen LogP contribution in [0.4, 0.5) is 5.69 Å². The van der Waals surface area contributed by atoms with E-state index in [9.17, 15) is 14.9 Å². The predicted molar refractivity (Wildman–Crippen MR) is 110 cm³/mol. The molecule has 1 N–H and O–H groups in total. The highest BCUT2D eigenvalue weighted by Gasteiger charge is 2.11. The molecule has 0 saturated carbocycles. The van der Waals surface area contributed by atoms with Crippen molar-refractivity contribution in [3.63, 3.8) is 0 Å². The summed E-state index contributed by atoms with van der Waals surface area (Å²) in [5.74, 6) is -0.482. The Morgan fingerprint density at radius 1 is 1.14 bits per heavy atom. The van der Waals surface area contributed by atoms with Gasteiger partial charge in [-0.25, -0.2) is 4.79 Å². The van der Waals surface area contributed by atoms with Crippen molar-refractivity contribution in [3.8, 4) is 6.07 Å². The van der Waals surface area contributed by atoms with Gasteiger partial charge in [0, 0.05) is 10.7 Å². The summed E-state index contributed by atoms with van der Waals surface area (Å²) in [4.78, 5) is 24.3. The van der Waals surface area contributed by atoms with Gasteiger partial charge < -0.3 is 10.1 Å². The molecule has 2 aromatic rings. The van der Waals surface area contributed by atoms with Crippen molar-refractivity contribution in [3.05, 3.63) is 70.3 Å². The van der Waals surface area contributed by atoms with Gasteiger partial charge in [0.25, 0.3) is 5.91 Å². The minimum absolute atomic E-state index is 0.0421. The van der Waals surface area contributed by atoms with Crippen LogP contribution in [0.15, 0.2) is 54.1 Å². The van der Waals surface area contributed by atoms with E-state index in [-0.39, 0.29) is 5.57 Å². The minimum atomic E-state index is -0.537. The van der Waals surface area contributed by atoms with E-state index < -0.39 is 11.9 Å². The summed E-state index contributed by atoms with van der Waals surface area (Å²) in [6, 6.07) is 15.0. The lowest BCUT2D eigenvalue weighted by atomic mass is 10.1. The van der Waals surface area contributed by atoms with Crippen molar-refractivity contribution in [2.75, 3.05) is 11.9 Å². The Labute approximate surface area is 169 Å². The van der Waals surface area contributed by atoms with Crippen molar-refractivity contribution in [1.29, 1.82) is 5.26 Å². The molecule has 0 heterocycles. The third kappa shape index (κ3) is 6.57.